The summed E-state index contributed by atoms with van der Waals surface area (Å²) in [4.78, 5) is 2.73. The van der Waals surface area contributed by atoms with E-state index < -0.39 is 12.1 Å². The lowest BCUT2D eigenvalue weighted by Crippen LogP contribution is -2.10. The highest BCUT2D eigenvalue weighted by molar-refractivity contribution is 5.36. The minimum absolute atomic E-state index is 0.402. The van der Waals surface area contributed by atoms with Crippen LogP contribution in [0, 0.1) is 0 Å². The van der Waals surface area contributed by atoms with Crippen molar-refractivity contribution in [1.29, 1.82) is 0 Å². The molecular formula is C9H9N3O. The highest BCUT2D eigenvalue weighted by Crippen LogP contribution is 2.34. The second kappa shape index (κ2) is 3.09. The number of fused-ring (bicyclic) bond motifs is 1. The third-order valence-electron chi connectivity index (χ3n) is 2.34. The Morgan fingerprint density at radius 2 is 2.23 bits per heavy atom. The van der Waals surface area contributed by atoms with Gasteiger partial charge in [-0.1, -0.05) is 29.4 Å². The van der Waals surface area contributed by atoms with E-state index in [2.05, 4.69) is 10.0 Å². The van der Waals surface area contributed by atoms with Crippen molar-refractivity contribution in [3.8, 4) is 0 Å². The molecule has 2 rings (SSSR count). The Morgan fingerprint density at radius 3 is 3.00 bits per heavy atom. The maximum Gasteiger partial charge on any atom is 0.0890 e. The Hall–Kier alpha value is -1.51. The van der Waals surface area contributed by atoms with Gasteiger partial charge in [0.15, 0.2) is 0 Å². The minimum Gasteiger partial charge on any atom is -0.392 e. The van der Waals surface area contributed by atoms with E-state index in [1.165, 1.54) is 0 Å². The van der Waals surface area contributed by atoms with Crippen LogP contribution in [0.25, 0.3) is 10.4 Å². The predicted molar refractivity (Wildman–Crippen MR) is 48.0 cm³/mol. The van der Waals surface area contributed by atoms with Crippen molar-refractivity contribution in [2.75, 3.05) is 0 Å². The number of hydrogen-bond donors (Lipinski definition) is 1. The van der Waals surface area contributed by atoms with Gasteiger partial charge in [0.05, 0.1) is 12.1 Å². The van der Waals surface area contributed by atoms with E-state index in [9.17, 15) is 5.11 Å². The summed E-state index contributed by atoms with van der Waals surface area (Å²) in [6.07, 6.45) is 0.0214. The number of benzene rings is 1. The van der Waals surface area contributed by atoms with Crippen LogP contribution in [0.4, 0.5) is 0 Å². The van der Waals surface area contributed by atoms with Gasteiger partial charge >= 0.3 is 0 Å². The molecule has 0 unspecified atom stereocenters. The van der Waals surface area contributed by atoms with Crippen LogP contribution in [-0.4, -0.2) is 11.2 Å². The van der Waals surface area contributed by atoms with E-state index in [-0.39, 0.29) is 0 Å². The summed E-state index contributed by atoms with van der Waals surface area (Å²) >= 11 is 0. The number of aliphatic hydroxyl groups is 1. The molecule has 1 aliphatic rings. The lowest BCUT2D eigenvalue weighted by molar-refractivity contribution is 0.158. The molecule has 4 heteroatoms. The molecule has 1 aliphatic carbocycles. The minimum atomic E-state index is -0.562. The maximum absolute atomic E-state index is 9.58. The summed E-state index contributed by atoms with van der Waals surface area (Å²) in [7, 11) is 0. The number of rotatable bonds is 1. The monoisotopic (exact) mass is 175 g/mol. The topological polar surface area (TPSA) is 69.0 Å². The van der Waals surface area contributed by atoms with Crippen molar-refractivity contribution in [3.63, 3.8) is 0 Å². The van der Waals surface area contributed by atoms with E-state index in [1.807, 2.05) is 24.3 Å². The van der Waals surface area contributed by atoms with Gasteiger partial charge in [-0.15, -0.1) is 0 Å². The summed E-state index contributed by atoms with van der Waals surface area (Å²) in [5.41, 5.74) is 10.3. The van der Waals surface area contributed by atoms with Crippen molar-refractivity contribution in [1.82, 2.24) is 0 Å². The zero-order valence-electron chi connectivity index (χ0n) is 6.96. The van der Waals surface area contributed by atoms with E-state index in [0.29, 0.717) is 6.42 Å². The van der Waals surface area contributed by atoms with Crippen molar-refractivity contribution >= 4 is 0 Å². The lowest BCUT2D eigenvalue weighted by atomic mass is 10.1. The Labute approximate surface area is 75.4 Å². The fourth-order valence-electron chi connectivity index (χ4n) is 1.75. The molecule has 0 spiro atoms. The molecule has 1 N–H and O–H groups in total. The Morgan fingerprint density at radius 1 is 1.46 bits per heavy atom. The maximum atomic E-state index is 9.58. The van der Waals surface area contributed by atoms with Gasteiger partial charge in [-0.05, 0) is 23.1 Å². The third kappa shape index (κ3) is 1.26. The summed E-state index contributed by atoms with van der Waals surface area (Å²) in [5, 5.41) is 13.2. The zero-order chi connectivity index (χ0) is 9.26. The predicted octanol–water partition coefficient (Wildman–Crippen LogP) is 1.95. The van der Waals surface area contributed by atoms with E-state index in [4.69, 9.17) is 5.53 Å². The normalized spacial score (nSPS) is 25.0. The van der Waals surface area contributed by atoms with Gasteiger partial charge in [0.1, 0.15) is 0 Å². The second-order valence-electron chi connectivity index (χ2n) is 3.12. The van der Waals surface area contributed by atoms with Crippen LogP contribution in [0.2, 0.25) is 0 Å². The first kappa shape index (κ1) is 8.10. The fraction of sp³-hybridized carbons (Fsp3) is 0.333. The van der Waals surface area contributed by atoms with Gasteiger partial charge in [0.2, 0.25) is 0 Å². The van der Waals surface area contributed by atoms with Gasteiger partial charge in [-0.25, -0.2) is 0 Å². The Kier molecular flexibility index (Phi) is 1.93. The first-order chi connectivity index (χ1) is 6.33. The molecule has 0 radical (unpaired) electrons. The molecular weight excluding hydrogens is 166 g/mol. The standard InChI is InChI=1S/C9H9N3O/c10-12-11-9-7-4-2-1-3-6(7)5-8(9)13/h1-4,8-9,13H,5H2/t8-,9+/m0/s1. The quantitative estimate of drug-likeness (QED) is 0.395. The smallest absolute Gasteiger partial charge is 0.0890 e. The largest absolute Gasteiger partial charge is 0.392 e. The summed E-state index contributed by atoms with van der Waals surface area (Å²) in [6.45, 7) is 0. The fourth-order valence-corrected chi connectivity index (χ4v) is 1.75. The van der Waals surface area contributed by atoms with Gasteiger partial charge in [-0.3, -0.25) is 0 Å². The van der Waals surface area contributed by atoms with Crippen molar-refractivity contribution in [2.45, 2.75) is 18.6 Å². The van der Waals surface area contributed by atoms with Gasteiger partial charge in [-0.2, -0.15) is 0 Å². The van der Waals surface area contributed by atoms with Crippen LogP contribution in [0.15, 0.2) is 29.4 Å². The molecule has 1 aromatic rings. The molecule has 66 valence electrons. The SMILES string of the molecule is [N-]=[N+]=N[C@@H]1c2ccccc2C[C@@H]1O. The van der Waals surface area contributed by atoms with Crippen LogP contribution in [0.5, 0.6) is 0 Å². The average Bonchev–Trinajstić information content (AvgIpc) is 2.44. The first-order valence-electron chi connectivity index (χ1n) is 4.13. The number of nitrogens with zero attached hydrogens (tertiary/aromatic N) is 3. The molecule has 0 amide bonds. The van der Waals surface area contributed by atoms with E-state index >= 15 is 0 Å². The van der Waals surface area contributed by atoms with Gasteiger partial charge in [0.25, 0.3) is 0 Å². The van der Waals surface area contributed by atoms with E-state index in [1.54, 1.807) is 0 Å². The van der Waals surface area contributed by atoms with Gasteiger partial charge in [0, 0.05) is 4.91 Å². The molecule has 0 fully saturated rings. The molecule has 0 saturated carbocycles. The van der Waals surface area contributed by atoms with Crippen LogP contribution in [0.3, 0.4) is 0 Å². The van der Waals surface area contributed by atoms with Crippen LogP contribution in [-0.2, 0) is 6.42 Å². The number of hydrogen-bond acceptors (Lipinski definition) is 2. The molecule has 0 aliphatic heterocycles. The molecule has 0 heterocycles. The van der Waals surface area contributed by atoms with Crippen molar-refractivity contribution in [2.24, 2.45) is 5.11 Å². The third-order valence-corrected chi connectivity index (χ3v) is 2.34. The van der Waals surface area contributed by atoms with E-state index in [0.717, 1.165) is 11.1 Å². The van der Waals surface area contributed by atoms with Gasteiger partial charge < -0.3 is 5.11 Å². The summed E-state index contributed by atoms with van der Waals surface area (Å²) in [5.74, 6) is 0. The summed E-state index contributed by atoms with van der Waals surface area (Å²) in [6, 6.07) is 7.25. The number of azide groups is 1. The first-order valence-corrected chi connectivity index (χ1v) is 4.13. The van der Waals surface area contributed by atoms with Crippen LogP contribution in [0.1, 0.15) is 17.2 Å². The molecule has 13 heavy (non-hydrogen) atoms. The Balaban J connectivity index is 2.46. The van der Waals surface area contributed by atoms with Crippen LogP contribution >= 0.6 is 0 Å². The molecule has 0 saturated heterocycles. The second-order valence-corrected chi connectivity index (χ2v) is 3.12. The Bertz CT molecular complexity index is 371. The molecule has 0 aromatic heterocycles. The zero-order valence-corrected chi connectivity index (χ0v) is 6.96. The molecule has 0 bridgehead atoms. The summed E-state index contributed by atoms with van der Waals surface area (Å²) < 4.78 is 0. The molecule has 2 atom stereocenters. The van der Waals surface area contributed by atoms with Crippen LogP contribution < -0.4 is 0 Å². The molecule has 1 aromatic carbocycles. The number of aliphatic hydroxyl groups excluding tert-OH is 1. The highest BCUT2D eigenvalue weighted by Gasteiger charge is 2.29. The lowest BCUT2D eigenvalue weighted by Gasteiger charge is -2.07. The average molecular weight is 175 g/mol. The highest BCUT2D eigenvalue weighted by atomic mass is 16.3. The molecule has 4 nitrogen and oxygen atoms in total. The van der Waals surface area contributed by atoms with Crippen molar-refractivity contribution in [3.05, 3.63) is 45.8 Å². The van der Waals surface area contributed by atoms with Crippen molar-refractivity contribution < 1.29 is 5.11 Å².